The summed E-state index contributed by atoms with van der Waals surface area (Å²) >= 11 is 0. The van der Waals surface area contributed by atoms with Crippen molar-refractivity contribution < 1.29 is 9.47 Å². The molecule has 0 amide bonds. The molecule has 2 aromatic rings. The van der Waals surface area contributed by atoms with Gasteiger partial charge in [-0.3, -0.25) is 4.98 Å². The maximum Gasteiger partial charge on any atom is 0.128 e. The lowest BCUT2D eigenvalue weighted by molar-refractivity contribution is 0.146. The Labute approximate surface area is 113 Å². The lowest BCUT2D eigenvalue weighted by Crippen LogP contribution is -2.05. The molecule has 1 aromatic carbocycles. The molecule has 0 bridgehead atoms. The zero-order chi connectivity index (χ0) is 13.7. The predicted molar refractivity (Wildman–Crippen MR) is 76.2 cm³/mol. The lowest BCUT2D eigenvalue weighted by Gasteiger charge is -2.12. The molecule has 0 saturated heterocycles. The summed E-state index contributed by atoms with van der Waals surface area (Å²) in [6, 6.07) is 9.64. The number of methoxy groups -OCH3 is 1. The monoisotopic (exact) mass is 258 g/mol. The van der Waals surface area contributed by atoms with Crippen molar-refractivity contribution in [3.63, 3.8) is 0 Å². The van der Waals surface area contributed by atoms with Gasteiger partial charge in [0, 0.05) is 18.9 Å². The average molecular weight is 258 g/mol. The fourth-order valence-electron chi connectivity index (χ4n) is 1.84. The fourth-order valence-corrected chi connectivity index (χ4v) is 1.84. The Hall–Kier alpha value is -2.07. The van der Waals surface area contributed by atoms with E-state index in [2.05, 4.69) is 4.98 Å². The standard InChI is InChI=1S/C15H18N2O2/c1-11-9-13(16)15(17-10-11)12-5-3-4-6-14(12)19-8-7-18-2/h3-6,9-10H,7-8,16H2,1-2H3. The molecular weight excluding hydrogens is 240 g/mol. The van der Waals surface area contributed by atoms with E-state index in [1.165, 1.54) is 0 Å². The van der Waals surface area contributed by atoms with Gasteiger partial charge in [0.25, 0.3) is 0 Å². The highest BCUT2D eigenvalue weighted by Crippen LogP contribution is 2.32. The molecule has 19 heavy (non-hydrogen) atoms. The van der Waals surface area contributed by atoms with Gasteiger partial charge in [0.15, 0.2) is 0 Å². The van der Waals surface area contributed by atoms with Crippen LogP contribution in [0.25, 0.3) is 11.3 Å². The molecule has 4 nitrogen and oxygen atoms in total. The van der Waals surface area contributed by atoms with E-state index in [0.29, 0.717) is 18.9 Å². The summed E-state index contributed by atoms with van der Waals surface area (Å²) in [7, 11) is 1.65. The van der Waals surface area contributed by atoms with Gasteiger partial charge in [0.2, 0.25) is 0 Å². The number of aromatic nitrogens is 1. The van der Waals surface area contributed by atoms with Gasteiger partial charge in [0.1, 0.15) is 12.4 Å². The van der Waals surface area contributed by atoms with Crippen LogP contribution >= 0.6 is 0 Å². The first-order valence-corrected chi connectivity index (χ1v) is 6.15. The van der Waals surface area contributed by atoms with Crippen LogP contribution in [0.1, 0.15) is 5.56 Å². The third kappa shape index (κ3) is 3.23. The van der Waals surface area contributed by atoms with Crippen LogP contribution in [0.15, 0.2) is 36.5 Å². The Morgan fingerprint density at radius 2 is 2.00 bits per heavy atom. The molecule has 0 saturated carbocycles. The fraction of sp³-hybridized carbons (Fsp3) is 0.267. The number of nitrogens with zero attached hydrogens (tertiary/aromatic N) is 1. The molecule has 2 N–H and O–H groups in total. The summed E-state index contributed by atoms with van der Waals surface area (Å²) in [4.78, 5) is 4.40. The van der Waals surface area contributed by atoms with E-state index in [9.17, 15) is 0 Å². The van der Waals surface area contributed by atoms with Crippen molar-refractivity contribution in [3.8, 4) is 17.0 Å². The predicted octanol–water partition coefficient (Wildman–Crippen LogP) is 2.66. The number of pyridine rings is 1. The highest BCUT2D eigenvalue weighted by Gasteiger charge is 2.10. The third-order valence-electron chi connectivity index (χ3n) is 2.74. The van der Waals surface area contributed by atoms with Gasteiger partial charge in [-0.15, -0.1) is 0 Å². The number of rotatable bonds is 5. The van der Waals surface area contributed by atoms with Crippen LogP contribution in [0.3, 0.4) is 0 Å². The molecule has 0 aliphatic rings. The lowest BCUT2D eigenvalue weighted by atomic mass is 10.1. The third-order valence-corrected chi connectivity index (χ3v) is 2.74. The van der Waals surface area contributed by atoms with Crippen molar-refractivity contribution in [1.29, 1.82) is 0 Å². The highest BCUT2D eigenvalue weighted by atomic mass is 16.5. The Balaban J connectivity index is 2.33. The Kier molecular flexibility index (Phi) is 4.36. The summed E-state index contributed by atoms with van der Waals surface area (Å²) < 4.78 is 10.7. The molecule has 0 fully saturated rings. The number of ether oxygens (including phenoxy) is 2. The summed E-state index contributed by atoms with van der Waals surface area (Å²) in [5.74, 6) is 0.766. The number of nitrogens with two attached hydrogens (primary N) is 1. The Morgan fingerprint density at radius 1 is 1.21 bits per heavy atom. The Morgan fingerprint density at radius 3 is 2.74 bits per heavy atom. The van der Waals surface area contributed by atoms with Gasteiger partial charge in [-0.05, 0) is 30.7 Å². The summed E-state index contributed by atoms with van der Waals surface area (Å²) in [5, 5.41) is 0. The van der Waals surface area contributed by atoms with Crippen LogP contribution in [0.5, 0.6) is 5.75 Å². The van der Waals surface area contributed by atoms with E-state index in [1.807, 2.05) is 37.3 Å². The first kappa shape index (κ1) is 13.4. The topological polar surface area (TPSA) is 57.4 Å². The van der Waals surface area contributed by atoms with E-state index in [-0.39, 0.29) is 0 Å². The largest absolute Gasteiger partial charge is 0.490 e. The van der Waals surface area contributed by atoms with Crippen molar-refractivity contribution >= 4 is 5.69 Å². The SMILES string of the molecule is COCCOc1ccccc1-c1ncc(C)cc1N. The quantitative estimate of drug-likeness (QED) is 0.838. The van der Waals surface area contributed by atoms with Crippen LogP contribution in [-0.2, 0) is 4.74 Å². The summed E-state index contributed by atoms with van der Waals surface area (Å²) in [5.41, 5.74) is 9.38. The second kappa shape index (κ2) is 6.20. The normalized spacial score (nSPS) is 10.4. The van der Waals surface area contributed by atoms with E-state index >= 15 is 0 Å². The number of anilines is 1. The first-order valence-electron chi connectivity index (χ1n) is 6.15. The molecule has 0 aliphatic heterocycles. The number of hydrogen-bond acceptors (Lipinski definition) is 4. The van der Waals surface area contributed by atoms with Crippen LogP contribution in [0.4, 0.5) is 5.69 Å². The molecule has 1 heterocycles. The average Bonchev–Trinajstić information content (AvgIpc) is 2.40. The van der Waals surface area contributed by atoms with E-state index in [4.69, 9.17) is 15.2 Å². The van der Waals surface area contributed by atoms with Crippen LogP contribution in [0, 0.1) is 6.92 Å². The molecule has 2 rings (SSSR count). The van der Waals surface area contributed by atoms with Gasteiger partial charge >= 0.3 is 0 Å². The van der Waals surface area contributed by atoms with E-state index < -0.39 is 0 Å². The van der Waals surface area contributed by atoms with Gasteiger partial charge in [-0.1, -0.05) is 12.1 Å². The number of para-hydroxylation sites is 1. The maximum absolute atomic E-state index is 6.03. The maximum atomic E-state index is 6.03. The molecule has 0 spiro atoms. The van der Waals surface area contributed by atoms with E-state index in [1.54, 1.807) is 13.3 Å². The van der Waals surface area contributed by atoms with Crippen molar-refractivity contribution in [2.45, 2.75) is 6.92 Å². The second-order valence-electron chi connectivity index (χ2n) is 4.29. The minimum absolute atomic E-state index is 0.499. The number of nitrogen functional groups attached to an aromatic ring is 1. The van der Waals surface area contributed by atoms with Gasteiger partial charge < -0.3 is 15.2 Å². The minimum Gasteiger partial charge on any atom is -0.490 e. The molecule has 4 heteroatoms. The van der Waals surface area contributed by atoms with Gasteiger partial charge in [0.05, 0.1) is 18.0 Å². The van der Waals surface area contributed by atoms with E-state index in [0.717, 1.165) is 22.6 Å². The van der Waals surface area contributed by atoms with Gasteiger partial charge in [-0.25, -0.2) is 0 Å². The zero-order valence-corrected chi connectivity index (χ0v) is 11.2. The van der Waals surface area contributed by atoms with Crippen LogP contribution in [0.2, 0.25) is 0 Å². The molecule has 100 valence electrons. The molecule has 0 unspecified atom stereocenters. The second-order valence-corrected chi connectivity index (χ2v) is 4.29. The molecule has 1 aromatic heterocycles. The van der Waals surface area contributed by atoms with Crippen LogP contribution in [-0.4, -0.2) is 25.3 Å². The molecule has 0 aliphatic carbocycles. The van der Waals surface area contributed by atoms with Crippen molar-refractivity contribution in [2.24, 2.45) is 0 Å². The molecular formula is C15H18N2O2. The molecule has 0 atom stereocenters. The van der Waals surface area contributed by atoms with Crippen molar-refractivity contribution in [3.05, 3.63) is 42.1 Å². The van der Waals surface area contributed by atoms with Crippen molar-refractivity contribution in [1.82, 2.24) is 4.98 Å². The summed E-state index contributed by atoms with van der Waals surface area (Å²) in [6.07, 6.45) is 1.80. The number of aryl methyl sites for hydroxylation is 1. The van der Waals surface area contributed by atoms with Gasteiger partial charge in [-0.2, -0.15) is 0 Å². The molecule has 0 radical (unpaired) electrons. The first-order chi connectivity index (χ1) is 9.22. The number of hydrogen-bond donors (Lipinski definition) is 1. The Bertz CT molecular complexity index is 556. The minimum atomic E-state index is 0.499. The van der Waals surface area contributed by atoms with Crippen LogP contribution < -0.4 is 10.5 Å². The zero-order valence-electron chi connectivity index (χ0n) is 11.2. The number of benzene rings is 1. The smallest absolute Gasteiger partial charge is 0.128 e. The summed E-state index contributed by atoms with van der Waals surface area (Å²) in [6.45, 7) is 3.01. The van der Waals surface area contributed by atoms with Crippen molar-refractivity contribution in [2.75, 3.05) is 26.1 Å². The highest BCUT2D eigenvalue weighted by molar-refractivity contribution is 5.77.